The first kappa shape index (κ1) is 55.2. The normalized spacial score (nSPS) is 12.9. The minimum absolute atomic E-state index is 0.0620. The van der Waals surface area contributed by atoms with Crippen molar-refractivity contribution in [2.24, 2.45) is 0 Å². The summed E-state index contributed by atoms with van der Waals surface area (Å²) < 4.78 is 0. The van der Waals surface area contributed by atoms with Gasteiger partial charge in [0.05, 0.1) is 6.20 Å². The molecule has 376 valence electrons. The predicted octanol–water partition coefficient (Wildman–Crippen LogP) is -2.98. The van der Waals surface area contributed by atoms with Gasteiger partial charge in [0.1, 0.15) is 35.9 Å². The minimum atomic E-state index is -1.75. The van der Waals surface area contributed by atoms with Crippen molar-refractivity contribution in [1.82, 2.24) is 46.5 Å². The average Bonchev–Trinajstić information content (AvgIpc) is 3.29. The number of amides is 6. The van der Waals surface area contributed by atoms with E-state index < -0.39 is 171 Å². The summed E-state index contributed by atoms with van der Waals surface area (Å²) in [6.07, 6.45) is -4.85. The molecule has 0 fully saturated rings. The highest BCUT2D eigenvalue weighted by Gasteiger charge is 2.29. The Morgan fingerprint density at radius 3 is 1.31 bits per heavy atom. The molecule has 6 amide bonds. The van der Waals surface area contributed by atoms with E-state index in [1.54, 1.807) is 0 Å². The molecule has 0 unspecified atom stereocenters. The van der Waals surface area contributed by atoms with Gasteiger partial charge in [-0.3, -0.25) is 43.3 Å². The van der Waals surface area contributed by atoms with Crippen LogP contribution in [-0.2, 0) is 47.9 Å². The van der Waals surface area contributed by atoms with Gasteiger partial charge in [0.25, 0.3) is 17.4 Å². The molecule has 5 atom stereocenters. The highest BCUT2D eigenvalue weighted by atomic mass is 16.4. The fourth-order valence-electron chi connectivity index (χ4n) is 6.13. The Morgan fingerprint density at radius 1 is 0.571 bits per heavy atom. The average molecular weight is 986 g/mol. The summed E-state index contributed by atoms with van der Waals surface area (Å²) in [7, 11) is 1.37. The maximum atomic E-state index is 13.1. The maximum Gasteiger partial charge on any atom is 0.326 e. The largest absolute Gasteiger partial charge is 0.481 e. The number of aromatic amines is 1. The van der Waals surface area contributed by atoms with Crippen LogP contribution in [0.15, 0.2) is 35.3 Å². The van der Waals surface area contributed by atoms with Gasteiger partial charge in [0.15, 0.2) is 11.2 Å². The van der Waals surface area contributed by atoms with Gasteiger partial charge in [-0.05, 0) is 56.4 Å². The summed E-state index contributed by atoms with van der Waals surface area (Å²) in [5, 5.41) is 66.9. The van der Waals surface area contributed by atoms with Crippen molar-refractivity contribution in [3.05, 3.63) is 52.1 Å². The topological polar surface area (TPSA) is 487 Å². The van der Waals surface area contributed by atoms with E-state index >= 15 is 0 Å². The highest BCUT2D eigenvalue weighted by Crippen LogP contribution is 2.17. The Kier molecular flexibility index (Phi) is 20.3. The zero-order valence-electron chi connectivity index (χ0n) is 36.7. The van der Waals surface area contributed by atoms with Crippen LogP contribution in [0.5, 0.6) is 0 Å². The molecule has 0 spiro atoms. The minimum Gasteiger partial charge on any atom is -0.481 e. The van der Waals surface area contributed by atoms with Gasteiger partial charge < -0.3 is 67.9 Å². The second-order valence-electron chi connectivity index (χ2n) is 15.1. The molecule has 14 N–H and O–H groups in total. The van der Waals surface area contributed by atoms with Crippen molar-refractivity contribution in [2.75, 3.05) is 17.7 Å². The van der Waals surface area contributed by atoms with E-state index in [9.17, 15) is 87.9 Å². The van der Waals surface area contributed by atoms with Crippen molar-refractivity contribution in [2.45, 2.75) is 94.4 Å². The summed E-state index contributed by atoms with van der Waals surface area (Å²) >= 11 is 0. The van der Waals surface area contributed by atoms with Crippen LogP contribution in [0.25, 0.3) is 11.2 Å². The molecule has 30 heteroatoms. The number of aliphatic carboxylic acids is 6. The zero-order chi connectivity index (χ0) is 52.4. The molecule has 0 aliphatic heterocycles. The van der Waals surface area contributed by atoms with E-state index in [-0.39, 0.29) is 34.1 Å². The van der Waals surface area contributed by atoms with Crippen molar-refractivity contribution >= 4 is 94.1 Å². The van der Waals surface area contributed by atoms with Crippen LogP contribution >= 0.6 is 0 Å². The molecular weight excluding hydrogens is 938 g/mol. The van der Waals surface area contributed by atoms with E-state index in [0.717, 1.165) is 11.1 Å². The van der Waals surface area contributed by atoms with Crippen molar-refractivity contribution in [3.63, 3.8) is 0 Å². The molecule has 30 nitrogen and oxygen atoms in total. The lowest BCUT2D eigenvalue weighted by atomic mass is 10.1. The number of carbonyl (C=O) groups is 12. The Bertz CT molecular complexity index is 2590. The van der Waals surface area contributed by atoms with Crippen LogP contribution in [0.4, 0.5) is 11.6 Å². The number of nitrogen functional groups attached to an aromatic ring is 1. The van der Waals surface area contributed by atoms with Gasteiger partial charge >= 0.3 is 35.8 Å². The number of rotatable bonds is 28. The van der Waals surface area contributed by atoms with E-state index in [1.165, 1.54) is 31.3 Å². The van der Waals surface area contributed by atoms with Gasteiger partial charge in [-0.2, -0.15) is 4.98 Å². The molecule has 3 aromatic rings. The Labute approximate surface area is 392 Å². The number of anilines is 2. The van der Waals surface area contributed by atoms with Crippen LogP contribution in [0.1, 0.15) is 85.1 Å². The van der Waals surface area contributed by atoms with Crippen LogP contribution in [0.3, 0.4) is 0 Å². The smallest absolute Gasteiger partial charge is 0.326 e. The molecule has 0 radical (unpaired) electrons. The van der Waals surface area contributed by atoms with Crippen molar-refractivity contribution in [1.29, 1.82) is 0 Å². The molecule has 0 aliphatic carbocycles. The van der Waals surface area contributed by atoms with E-state index in [1.807, 2.05) is 5.32 Å². The third-order valence-corrected chi connectivity index (χ3v) is 9.90. The molecular formula is C40H47N11O19. The highest BCUT2D eigenvalue weighted by molar-refractivity contribution is 6.05. The fraction of sp³-hybridized carbons (Fsp3) is 0.400. The van der Waals surface area contributed by atoms with Gasteiger partial charge in [0.2, 0.25) is 29.6 Å². The van der Waals surface area contributed by atoms with Crippen molar-refractivity contribution in [3.8, 4) is 0 Å². The quantitative estimate of drug-likeness (QED) is 0.0345. The summed E-state index contributed by atoms with van der Waals surface area (Å²) in [5.74, 6) is -15.1. The summed E-state index contributed by atoms with van der Waals surface area (Å²) in [5.41, 5.74) is 4.40. The number of H-pyrrole nitrogens is 1. The van der Waals surface area contributed by atoms with Gasteiger partial charge in [0, 0.05) is 50.4 Å². The van der Waals surface area contributed by atoms with Crippen LogP contribution in [0, 0.1) is 0 Å². The molecule has 1 aromatic carbocycles. The first-order valence-electron chi connectivity index (χ1n) is 20.6. The molecule has 2 heterocycles. The Morgan fingerprint density at radius 2 is 0.943 bits per heavy atom. The Balaban J connectivity index is 1.48. The van der Waals surface area contributed by atoms with Crippen LogP contribution in [-0.4, -0.2) is 159 Å². The first-order chi connectivity index (χ1) is 32.9. The van der Waals surface area contributed by atoms with Crippen molar-refractivity contribution < 1.29 is 88.2 Å². The number of hydrogen-bond donors (Lipinski definition) is 13. The van der Waals surface area contributed by atoms with Gasteiger partial charge in [-0.15, -0.1) is 0 Å². The number of carboxylic acids is 6. The molecule has 0 aliphatic rings. The number of nitrogens with two attached hydrogens (primary N) is 1. The molecule has 0 saturated heterocycles. The molecule has 0 bridgehead atoms. The van der Waals surface area contributed by atoms with E-state index in [2.05, 4.69) is 41.2 Å². The lowest BCUT2D eigenvalue weighted by Crippen LogP contribution is -2.46. The van der Waals surface area contributed by atoms with Crippen LogP contribution < -0.4 is 42.8 Å². The number of nitrogens with zero attached hydrogens (tertiary/aromatic N) is 4. The van der Waals surface area contributed by atoms with Gasteiger partial charge in [-0.1, -0.05) is 0 Å². The second kappa shape index (κ2) is 25.7. The molecule has 3 rings (SSSR count). The SMILES string of the molecule is CN(C(=O)c1cnc2nc(N)[nH]c(=O)c2n1)c1ccc(C(=O)N[C@@H](CCC(=O)N[C@@H](CCC(=O)N[C@@H](CCC(=O)N[C@@H](CCC(=O)N[C@@H](CCC(=O)O)C(=O)O)C(=O)O)C(=O)O)C(=O)O)C(=O)O)cc1. The summed E-state index contributed by atoms with van der Waals surface area (Å²) in [6.45, 7) is 0. The monoisotopic (exact) mass is 985 g/mol. The molecule has 0 saturated carbocycles. The number of hydrogen-bond acceptors (Lipinski definition) is 17. The molecule has 70 heavy (non-hydrogen) atoms. The standard InChI is InChI=1S/C40H47N11O19/c1-51(34(60)24-16-42-31-30(47-24)33(59)50-40(41)49-31)18-4-2-17(3-5-18)32(58)48-23(39(69)70)9-14-28(55)45-21(37(65)66)7-12-26(53)43-19(35(61)62)6-11-25(52)44-20(36(63)64)8-13-27(54)46-22(38(67)68)10-15-29(56)57/h2-5,16,19-23H,6-15H2,1H3,(H,43,53)(H,44,52)(H,45,55)(H,46,54)(H,48,58)(H,56,57)(H,61,62)(H,63,64)(H,65,66)(H,67,68)(H,69,70)(H3,41,42,49,50,59)/t19-,20-,21-,22-,23-/m0/s1. The van der Waals surface area contributed by atoms with E-state index in [0.29, 0.717) is 0 Å². The summed E-state index contributed by atoms with van der Waals surface area (Å²) in [4.78, 5) is 173. The number of carboxylic acid groups (broad SMARTS) is 6. The lowest BCUT2D eigenvalue weighted by molar-refractivity contribution is -0.144. The van der Waals surface area contributed by atoms with Crippen LogP contribution in [0.2, 0.25) is 0 Å². The predicted molar refractivity (Wildman–Crippen MR) is 233 cm³/mol. The summed E-state index contributed by atoms with van der Waals surface area (Å²) in [6, 6.07) is -3.22. The van der Waals surface area contributed by atoms with E-state index in [4.69, 9.17) is 10.8 Å². The fourth-order valence-corrected chi connectivity index (χ4v) is 6.13. The first-order valence-corrected chi connectivity index (χ1v) is 20.6. The third-order valence-electron chi connectivity index (χ3n) is 9.90. The number of benzene rings is 1. The lowest BCUT2D eigenvalue weighted by Gasteiger charge is -2.19. The number of carbonyl (C=O) groups excluding carboxylic acids is 6. The maximum absolute atomic E-state index is 13.1. The number of aromatic nitrogens is 4. The Hall–Kier alpha value is -9.12. The zero-order valence-corrected chi connectivity index (χ0v) is 36.7. The molecule has 2 aromatic heterocycles. The third kappa shape index (κ3) is 17.3. The second-order valence-corrected chi connectivity index (χ2v) is 15.1. The number of nitrogens with one attached hydrogen (secondary N) is 6. The van der Waals surface area contributed by atoms with Gasteiger partial charge in [-0.25, -0.2) is 33.9 Å². The number of fused-ring (bicyclic) bond motifs is 1.